The summed E-state index contributed by atoms with van der Waals surface area (Å²) in [4.78, 5) is 18.1. The third kappa shape index (κ3) is 2.16. The van der Waals surface area contributed by atoms with Crippen molar-refractivity contribution in [3.05, 3.63) is 22.4 Å². The van der Waals surface area contributed by atoms with Crippen molar-refractivity contribution < 1.29 is 9.84 Å². The molecule has 2 atom stereocenters. The fraction of sp³-hybridized carbons (Fsp3) is 0.583. The first kappa shape index (κ1) is 13.1. The second kappa shape index (κ2) is 4.88. The molecule has 0 saturated carbocycles. The van der Waals surface area contributed by atoms with Gasteiger partial charge >= 0.3 is 5.69 Å². The monoisotopic (exact) mass is 279 g/mol. The predicted octanol–water partition coefficient (Wildman–Crippen LogP) is -0.688. The summed E-state index contributed by atoms with van der Waals surface area (Å²) >= 11 is 0. The quantitative estimate of drug-likeness (QED) is 0.755. The Morgan fingerprint density at radius 3 is 3.10 bits per heavy atom. The number of aryl methyl sites for hydroxylation is 1. The number of aromatic amines is 1. The van der Waals surface area contributed by atoms with Gasteiger partial charge in [0.2, 0.25) is 0 Å². The lowest BCUT2D eigenvalue weighted by atomic mass is 10.2. The molecule has 0 bridgehead atoms. The zero-order chi connectivity index (χ0) is 14.3. The molecule has 1 aliphatic rings. The molecule has 0 aromatic carbocycles. The van der Waals surface area contributed by atoms with Gasteiger partial charge in [-0.15, -0.1) is 0 Å². The largest absolute Gasteiger partial charge is 0.394 e. The number of nitrogens with one attached hydrogen (secondary N) is 1. The summed E-state index contributed by atoms with van der Waals surface area (Å²) < 4.78 is 7.04. The second-order valence-corrected chi connectivity index (χ2v) is 5.04. The van der Waals surface area contributed by atoms with E-state index in [0.29, 0.717) is 24.6 Å². The van der Waals surface area contributed by atoms with Gasteiger partial charge < -0.3 is 14.7 Å². The maximum Gasteiger partial charge on any atom is 0.349 e. The van der Waals surface area contributed by atoms with Gasteiger partial charge in [-0.1, -0.05) is 0 Å². The van der Waals surface area contributed by atoms with E-state index >= 15 is 0 Å². The zero-order valence-corrected chi connectivity index (χ0v) is 11.4. The van der Waals surface area contributed by atoms with Crippen LogP contribution in [0.2, 0.25) is 0 Å². The van der Waals surface area contributed by atoms with E-state index in [-0.39, 0.29) is 24.5 Å². The van der Waals surface area contributed by atoms with Crippen molar-refractivity contribution in [2.75, 3.05) is 24.6 Å². The van der Waals surface area contributed by atoms with Gasteiger partial charge in [0.25, 0.3) is 0 Å². The van der Waals surface area contributed by atoms with E-state index in [4.69, 9.17) is 4.74 Å². The molecule has 2 aromatic heterocycles. The smallest absolute Gasteiger partial charge is 0.349 e. The fourth-order valence-corrected chi connectivity index (χ4v) is 2.58. The van der Waals surface area contributed by atoms with E-state index in [1.807, 2.05) is 11.8 Å². The van der Waals surface area contributed by atoms with Crippen LogP contribution in [0.25, 0.3) is 5.65 Å². The van der Waals surface area contributed by atoms with Gasteiger partial charge in [-0.05, 0) is 13.8 Å². The van der Waals surface area contributed by atoms with Crippen molar-refractivity contribution in [1.82, 2.24) is 19.6 Å². The third-order valence-electron chi connectivity index (χ3n) is 3.41. The van der Waals surface area contributed by atoms with Crippen LogP contribution < -0.4 is 10.6 Å². The van der Waals surface area contributed by atoms with E-state index < -0.39 is 0 Å². The van der Waals surface area contributed by atoms with Crippen LogP contribution >= 0.6 is 0 Å². The average Bonchev–Trinajstić information content (AvgIpc) is 2.80. The molecule has 3 heterocycles. The minimum atomic E-state index is -0.292. The third-order valence-corrected chi connectivity index (χ3v) is 3.41. The zero-order valence-electron chi connectivity index (χ0n) is 11.4. The second-order valence-electron chi connectivity index (χ2n) is 5.04. The van der Waals surface area contributed by atoms with Crippen molar-refractivity contribution in [3.63, 3.8) is 0 Å². The lowest BCUT2D eigenvalue weighted by Crippen LogP contribution is -2.48. The van der Waals surface area contributed by atoms with Gasteiger partial charge in [0, 0.05) is 19.2 Å². The van der Waals surface area contributed by atoms with Crippen LogP contribution in [0.3, 0.4) is 0 Å². The van der Waals surface area contributed by atoms with Gasteiger partial charge in [0.1, 0.15) is 11.6 Å². The molecule has 108 valence electrons. The molecule has 8 nitrogen and oxygen atoms in total. The van der Waals surface area contributed by atoms with Crippen molar-refractivity contribution in [1.29, 1.82) is 0 Å². The van der Waals surface area contributed by atoms with Crippen LogP contribution in [-0.2, 0) is 4.74 Å². The summed E-state index contributed by atoms with van der Waals surface area (Å²) in [5.41, 5.74) is 0.248. The molecule has 2 unspecified atom stereocenters. The molecule has 1 saturated heterocycles. The Balaban J connectivity index is 1.99. The lowest BCUT2D eigenvalue weighted by Gasteiger charge is -2.36. The fourth-order valence-electron chi connectivity index (χ4n) is 2.58. The van der Waals surface area contributed by atoms with Crippen LogP contribution in [0.4, 0.5) is 5.82 Å². The minimum absolute atomic E-state index is 0.0145. The molecule has 20 heavy (non-hydrogen) atoms. The number of rotatable bonds is 2. The molecule has 0 radical (unpaired) electrons. The van der Waals surface area contributed by atoms with E-state index in [0.717, 1.165) is 5.82 Å². The topological polar surface area (TPSA) is 95.8 Å². The van der Waals surface area contributed by atoms with Gasteiger partial charge in [0.15, 0.2) is 5.65 Å². The van der Waals surface area contributed by atoms with Gasteiger partial charge in [-0.2, -0.15) is 5.10 Å². The number of aromatic nitrogens is 4. The maximum absolute atomic E-state index is 11.6. The average molecular weight is 279 g/mol. The summed E-state index contributed by atoms with van der Waals surface area (Å²) in [7, 11) is 0. The SMILES string of the molecule is Cc1nc(N2CC(C)OC(CO)C2)cc2n[nH]c(=O)n12. The number of hydrogen-bond donors (Lipinski definition) is 2. The van der Waals surface area contributed by atoms with Crippen molar-refractivity contribution >= 4 is 11.5 Å². The van der Waals surface area contributed by atoms with Crippen LogP contribution in [0.5, 0.6) is 0 Å². The molecule has 1 fully saturated rings. The Morgan fingerprint density at radius 2 is 2.35 bits per heavy atom. The standard InChI is InChI=1S/C12H17N5O3/c1-7-4-16(5-9(6-18)20-7)10-3-11-14-15-12(19)17(11)8(2)13-10/h3,7,9,18H,4-6H2,1-2H3,(H,15,19). The first-order chi connectivity index (χ1) is 9.58. The van der Waals surface area contributed by atoms with Crippen LogP contribution in [0.15, 0.2) is 10.9 Å². The Hall–Kier alpha value is -1.93. The van der Waals surface area contributed by atoms with E-state index in [1.54, 1.807) is 13.0 Å². The highest BCUT2D eigenvalue weighted by Gasteiger charge is 2.26. The number of H-pyrrole nitrogens is 1. The Labute approximate surface area is 115 Å². The number of anilines is 1. The highest BCUT2D eigenvalue weighted by molar-refractivity contribution is 5.51. The Bertz CT molecular complexity index is 679. The van der Waals surface area contributed by atoms with Crippen LogP contribution in [0.1, 0.15) is 12.7 Å². The number of aliphatic hydroxyl groups excluding tert-OH is 1. The highest BCUT2D eigenvalue weighted by Crippen LogP contribution is 2.19. The molecule has 0 spiro atoms. The van der Waals surface area contributed by atoms with Crippen LogP contribution in [0, 0.1) is 6.92 Å². The molecule has 1 aliphatic heterocycles. The number of nitrogens with zero attached hydrogens (tertiary/aromatic N) is 4. The van der Waals surface area contributed by atoms with Gasteiger partial charge in [-0.25, -0.2) is 19.3 Å². The Kier molecular flexibility index (Phi) is 3.19. The number of fused-ring (bicyclic) bond motifs is 1. The number of hydrogen-bond acceptors (Lipinski definition) is 6. The van der Waals surface area contributed by atoms with E-state index in [9.17, 15) is 9.90 Å². The molecular weight excluding hydrogens is 262 g/mol. The van der Waals surface area contributed by atoms with E-state index in [1.165, 1.54) is 4.40 Å². The first-order valence-corrected chi connectivity index (χ1v) is 6.54. The summed E-state index contributed by atoms with van der Waals surface area (Å²) in [6, 6.07) is 1.76. The molecule has 2 aromatic rings. The number of aliphatic hydroxyl groups is 1. The summed E-state index contributed by atoms with van der Waals surface area (Å²) in [6.45, 7) is 4.95. The van der Waals surface area contributed by atoms with Crippen molar-refractivity contribution in [2.45, 2.75) is 26.1 Å². The maximum atomic E-state index is 11.6. The lowest BCUT2D eigenvalue weighted by molar-refractivity contribution is -0.0423. The van der Waals surface area contributed by atoms with Crippen molar-refractivity contribution in [3.8, 4) is 0 Å². The Morgan fingerprint density at radius 1 is 1.55 bits per heavy atom. The molecular formula is C12H17N5O3. The molecule has 3 rings (SSSR count). The molecule has 0 amide bonds. The summed E-state index contributed by atoms with van der Waals surface area (Å²) in [6.07, 6.45) is -0.209. The normalized spacial score (nSPS) is 23.4. The summed E-state index contributed by atoms with van der Waals surface area (Å²) in [5, 5.41) is 15.6. The highest BCUT2D eigenvalue weighted by atomic mass is 16.5. The van der Waals surface area contributed by atoms with Crippen molar-refractivity contribution in [2.24, 2.45) is 0 Å². The number of morpholine rings is 1. The molecule has 2 N–H and O–H groups in total. The number of ether oxygens (including phenoxy) is 1. The van der Waals surface area contributed by atoms with Gasteiger partial charge in [-0.3, -0.25) is 0 Å². The molecule has 0 aliphatic carbocycles. The summed E-state index contributed by atoms with van der Waals surface area (Å²) in [5.74, 6) is 1.32. The predicted molar refractivity (Wildman–Crippen MR) is 72.0 cm³/mol. The van der Waals surface area contributed by atoms with Gasteiger partial charge in [0.05, 0.1) is 18.8 Å². The first-order valence-electron chi connectivity index (χ1n) is 6.54. The van der Waals surface area contributed by atoms with E-state index in [2.05, 4.69) is 15.2 Å². The van der Waals surface area contributed by atoms with Crippen LogP contribution in [-0.4, -0.2) is 56.6 Å². The molecule has 8 heteroatoms. The minimum Gasteiger partial charge on any atom is -0.394 e.